The van der Waals surface area contributed by atoms with Gasteiger partial charge in [0.05, 0.1) is 11.6 Å². The van der Waals surface area contributed by atoms with Crippen LogP contribution in [0.4, 0.5) is 10.2 Å². The first-order valence-electron chi connectivity index (χ1n) is 8.08. The van der Waals surface area contributed by atoms with E-state index >= 15 is 0 Å². The highest BCUT2D eigenvalue weighted by Crippen LogP contribution is 2.22. The first-order chi connectivity index (χ1) is 10.7. The summed E-state index contributed by atoms with van der Waals surface area (Å²) in [5, 5.41) is 0.343. The Bertz CT molecular complexity index is 496. The molecule has 1 aromatic rings. The van der Waals surface area contributed by atoms with Crippen LogP contribution >= 0.6 is 11.6 Å². The van der Waals surface area contributed by atoms with E-state index in [-0.39, 0.29) is 5.82 Å². The molecule has 2 aliphatic heterocycles. The minimum atomic E-state index is -0.332. The number of anilines is 1. The van der Waals surface area contributed by atoms with Crippen LogP contribution in [-0.4, -0.2) is 55.8 Å². The summed E-state index contributed by atoms with van der Waals surface area (Å²) < 4.78 is 19.6. The number of rotatable bonds is 3. The molecule has 122 valence electrons. The molecule has 0 aliphatic carbocycles. The predicted molar refractivity (Wildman–Crippen MR) is 86.0 cm³/mol. The lowest BCUT2D eigenvalue weighted by molar-refractivity contribution is 0.0395. The number of halogens is 2. The highest BCUT2D eigenvalue weighted by atomic mass is 35.5. The lowest BCUT2D eigenvalue weighted by Crippen LogP contribution is -2.36. The molecule has 6 heteroatoms. The van der Waals surface area contributed by atoms with Crippen molar-refractivity contribution in [3.8, 4) is 0 Å². The van der Waals surface area contributed by atoms with E-state index in [0.717, 1.165) is 52.4 Å². The molecule has 0 saturated carbocycles. The summed E-state index contributed by atoms with van der Waals surface area (Å²) in [5.41, 5.74) is 0. The van der Waals surface area contributed by atoms with Crippen LogP contribution in [0.25, 0.3) is 0 Å². The van der Waals surface area contributed by atoms with Gasteiger partial charge >= 0.3 is 0 Å². The molecule has 3 rings (SSSR count). The fourth-order valence-corrected chi connectivity index (χ4v) is 3.47. The maximum absolute atomic E-state index is 14.0. The third-order valence-corrected chi connectivity index (χ3v) is 4.65. The van der Waals surface area contributed by atoms with Gasteiger partial charge in [0.2, 0.25) is 0 Å². The molecule has 4 nitrogen and oxygen atoms in total. The van der Waals surface area contributed by atoms with Crippen molar-refractivity contribution in [2.75, 3.05) is 50.8 Å². The topological polar surface area (TPSA) is 28.6 Å². The Morgan fingerprint density at radius 3 is 2.95 bits per heavy atom. The monoisotopic (exact) mass is 327 g/mol. The molecular formula is C16H23ClFN3O. The SMILES string of the molecule is Fc1cc(Cl)cnc1N1CCCN(CC2CCCOC2)CC1. The molecule has 3 heterocycles. The molecule has 0 amide bonds. The van der Waals surface area contributed by atoms with Gasteiger partial charge in [0.15, 0.2) is 11.6 Å². The smallest absolute Gasteiger partial charge is 0.167 e. The van der Waals surface area contributed by atoms with Crippen molar-refractivity contribution in [2.45, 2.75) is 19.3 Å². The molecule has 22 heavy (non-hydrogen) atoms. The maximum atomic E-state index is 14.0. The fourth-order valence-electron chi connectivity index (χ4n) is 3.32. The third-order valence-electron chi connectivity index (χ3n) is 4.45. The molecule has 0 N–H and O–H groups in total. The Labute approximate surface area is 136 Å². The van der Waals surface area contributed by atoms with Crippen LogP contribution in [0.2, 0.25) is 5.02 Å². The normalized spacial score (nSPS) is 24.3. The summed E-state index contributed by atoms with van der Waals surface area (Å²) >= 11 is 5.78. The Morgan fingerprint density at radius 1 is 1.27 bits per heavy atom. The zero-order chi connectivity index (χ0) is 15.4. The largest absolute Gasteiger partial charge is 0.381 e. The molecule has 0 spiro atoms. The van der Waals surface area contributed by atoms with Crippen LogP contribution < -0.4 is 4.90 Å². The molecule has 2 fully saturated rings. The average molecular weight is 328 g/mol. The molecule has 2 aliphatic rings. The lowest BCUT2D eigenvalue weighted by Gasteiger charge is -2.29. The van der Waals surface area contributed by atoms with Crippen LogP contribution in [0.3, 0.4) is 0 Å². The van der Waals surface area contributed by atoms with Gasteiger partial charge in [-0.3, -0.25) is 0 Å². The molecular weight excluding hydrogens is 305 g/mol. The second-order valence-electron chi connectivity index (χ2n) is 6.18. The molecule has 0 bridgehead atoms. The van der Waals surface area contributed by atoms with Crippen molar-refractivity contribution >= 4 is 17.4 Å². The van der Waals surface area contributed by atoms with Crippen LogP contribution in [0.15, 0.2) is 12.3 Å². The van der Waals surface area contributed by atoms with Gasteiger partial charge in [0.25, 0.3) is 0 Å². The number of aromatic nitrogens is 1. The summed E-state index contributed by atoms with van der Waals surface area (Å²) in [6.45, 7) is 6.52. The number of hydrogen-bond donors (Lipinski definition) is 0. The first kappa shape index (κ1) is 16.0. The van der Waals surface area contributed by atoms with Gasteiger partial charge < -0.3 is 14.5 Å². The van der Waals surface area contributed by atoms with Gasteiger partial charge in [0.1, 0.15) is 0 Å². The van der Waals surface area contributed by atoms with E-state index in [0.29, 0.717) is 16.8 Å². The van der Waals surface area contributed by atoms with Gasteiger partial charge in [0, 0.05) is 39.0 Å². The van der Waals surface area contributed by atoms with Gasteiger partial charge in [-0.15, -0.1) is 0 Å². The Balaban J connectivity index is 1.57. The van der Waals surface area contributed by atoms with E-state index in [1.165, 1.54) is 25.1 Å². The van der Waals surface area contributed by atoms with Crippen LogP contribution in [0.5, 0.6) is 0 Å². The minimum Gasteiger partial charge on any atom is -0.381 e. The molecule has 0 radical (unpaired) electrons. The van der Waals surface area contributed by atoms with Crippen LogP contribution in [0.1, 0.15) is 19.3 Å². The highest BCUT2D eigenvalue weighted by Gasteiger charge is 2.22. The zero-order valence-electron chi connectivity index (χ0n) is 12.8. The first-order valence-corrected chi connectivity index (χ1v) is 8.46. The van der Waals surface area contributed by atoms with Crippen molar-refractivity contribution in [3.05, 3.63) is 23.1 Å². The summed E-state index contributed by atoms with van der Waals surface area (Å²) in [5.74, 6) is 0.736. The lowest BCUT2D eigenvalue weighted by atomic mass is 10.0. The Kier molecular flexibility index (Phi) is 5.50. The molecule has 1 aromatic heterocycles. The maximum Gasteiger partial charge on any atom is 0.167 e. The summed E-state index contributed by atoms with van der Waals surface area (Å²) in [7, 11) is 0. The van der Waals surface area contributed by atoms with Crippen molar-refractivity contribution in [1.29, 1.82) is 0 Å². The summed E-state index contributed by atoms with van der Waals surface area (Å²) in [6, 6.07) is 1.34. The minimum absolute atomic E-state index is 0.332. The van der Waals surface area contributed by atoms with Crippen molar-refractivity contribution < 1.29 is 9.13 Å². The second kappa shape index (κ2) is 7.57. The third kappa shape index (κ3) is 4.09. The number of pyridine rings is 1. The number of ether oxygens (including phenoxy) is 1. The van der Waals surface area contributed by atoms with E-state index in [4.69, 9.17) is 16.3 Å². The van der Waals surface area contributed by atoms with Gasteiger partial charge in [-0.1, -0.05) is 11.6 Å². The van der Waals surface area contributed by atoms with E-state index in [2.05, 4.69) is 9.88 Å². The van der Waals surface area contributed by atoms with Crippen molar-refractivity contribution in [3.63, 3.8) is 0 Å². The predicted octanol–water partition coefficient (Wildman–Crippen LogP) is 2.81. The summed E-state index contributed by atoms with van der Waals surface area (Å²) in [4.78, 5) is 8.67. The van der Waals surface area contributed by atoms with Crippen LogP contribution in [0, 0.1) is 11.7 Å². The van der Waals surface area contributed by atoms with Gasteiger partial charge in [-0.2, -0.15) is 0 Å². The standard InChI is InChI=1S/C16H23ClFN3O/c17-14-9-15(18)16(19-10-14)21-5-2-4-20(6-7-21)11-13-3-1-8-22-12-13/h9-10,13H,1-8,11-12H2. The molecule has 2 saturated heterocycles. The molecule has 1 atom stereocenters. The van der Waals surface area contributed by atoms with Crippen molar-refractivity contribution in [1.82, 2.24) is 9.88 Å². The number of hydrogen-bond acceptors (Lipinski definition) is 4. The van der Waals surface area contributed by atoms with E-state index in [1.54, 1.807) is 0 Å². The van der Waals surface area contributed by atoms with E-state index < -0.39 is 0 Å². The van der Waals surface area contributed by atoms with Crippen molar-refractivity contribution in [2.24, 2.45) is 5.92 Å². The fraction of sp³-hybridized carbons (Fsp3) is 0.688. The molecule has 1 unspecified atom stereocenters. The Hall–Kier alpha value is -0.910. The quantitative estimate of drug-likeness (QED) is 0.853. The van der Waals surface area contributed by atoms with Gasteiger partial charge in [-0.25, -0.2) is 9.37 Å². The second-order valence-corrected chi connectivity index (χ2v) is 6.62. The van der Waals surface area contributed by atoms with Crippen LogP contribution in [-0.2, 0) is 4.74 Å². The van der Waals surface area contributed by atoms with E-state index in [9.17, 15) is 4.39 Å². The Morgan fingerprint density at radius 2 is 2.18 bits per heavy atom. The number of nitrogens with zero attached hydrogens (tertiary/aromatic N) is 3. The highest BCUT2D eigenvalue weighted by molar-refractivity contribution is 6.30. The summed E-state index contributed by atoms with van der Waals surface area (Å²) in [6.07, 6.45) is 4.97. The van der Waals surface area contributed by atoms with E-state index in [1.807, 2.05) is 4.90 Å². The zero-order valence-corrected chi connectivity index (χ0v) is 13.6. The molecule has 0 aromatic carbocycles. The average Bonchev–Trinajstić information content (AvgIpc) is 2.74. The van der Waals surface area contributed by atoms with Gasteiger partial charge in [-0.05, 0) is 37.8 Å².